The molecule has 2 fully saturated rings. The van der Waals surface area contributed by atoms with Crippen LogP contribution in [0.4, 0.5) is 0 Å². The van der Waals surface area contributed by atoms with Crippen LogP contribution < -0.4 is 0 Å². The molecule has 0 saturated carbocycles. The molecule has 2 aromatic rings. The van der Waals surface area contributed by atoms with Gasteiger partial charge in [0.1, 0.15) is 19.0 Å². The van der Waals surface area contributed by atoms with Gasteiger partial charge in [-0.1, -0.05) is 6.07 Å². The maximum absolute atomic E-state index is 12.5. The van der Waals surface area contributed by atoms with Gasteiger partial charge in [0.2, 0.25) is 5.91 Å². The van der Waals surface area contributed by atoms with Crippen molar-refractivity contribution in [3.05, 3.63) is 29.6 Å². The summed E-state index contributed by atoms with van der Waals surface area (Å²) < 4.78 is 11.0. The van der Waals surface area contributed by atoms with Crippen molar-refractivity contribution in [3.63, 3.8) is 0 Å². The summed E-state index contributed by atoms with van der Waals surface area (Å²) in [4.78, 5) is 33.5. The molecule has 27 heavy (non-hydrogen) atoms. The second-order valence-corrected chi connectivity index (χ2v) is 7.45. The monoisotopic (exact) mass is 373 g/mol. The van der Waals surface area contributed by atoms with Crippen molar-refractivity contribution in [3.8, 4) is 0 Å². The number of carboxylic acids is 1. The van der Waals surface area contributed by atoms with Gasteiger partial charge in [-0.2, -0.15) is 0 Å². The average Bonchev–Trinajstić information content (AvgIpc) is 3.22. The molecule has 1 aromatic heterocycles. The van der Waals surface area contributed by atoms with Crippen molar-refractivity contribution in [1.29, 1.82) is 0 Å². The Morgan fingerprint density at radius 2 is 2.33 bits per heavy atom. The van der Waals surface area contributed by atoms with E-state index in [1.807, 2.05) is 25.1 Å². The number of nitrogens with one attached hydrogen (secondary N) is 1. The quantitative estimate of drug-likeness (QED) is 0.819. The zero-order valence-corrected chi connectivity index (χ0v) is 15.2. The number of aromatic amines is 1. The van der Waals surface area contributed by atoms with Crippen molar-refractivity contribution in [2.75, 3.05) is 32.9 Å². The minimum absolute atomic E-state index is 0.0979. The van der Waals surface area contributed by atoms with Crippen LogP contribution in [0.1, 0.15) is 17.8 Å². The number of ether oxygens (including phenoxy) is 2. The molecule has 2 aliphatic heterocycles. The van der Waals surface area contributed by atoms with Crippen LogP contribution in [-0.2, 0) is 25.7 Å². The third-order valence-electron chi connectivity index (χ3n) is 5.64. The predicted molar refractivity (Wildman–Crippen MR) is 96.1 cm³/mol. The lowest BCUT2D eigenvalue weighted by Gasteiger charge is -2.33. The van der Waals surface area contributed by atoms with E-state index in [2.05, 4.69) is 9.97 Å². The third kappa shape index (κ3) is 3.30. The lowest BCUT2D eigenvalue weighted by Crippen LogP contribution is -2.45. The Morgan fingerprint density at radius 1 is 1.48 bits per heavy atom. The first-order chi connectivity index (χ1) is 13.0. The first-order valence-corrected chi connectivity index (χ1v) is 9.10. The number of fused-ring (bicyclic) bond motifs is 2. The number of likely N-dealkylation sites (tertiary alicyclic amines) is 1. The summed E-state index contributed by atoms with van der Waals surface area (Å²) in [5.41, 5.74) is 2.05. The molecule has 144 valence electrons. The number of carbonyl (C=O) groups excluding carboxylic acids is 1. The van der Waals surface area contributed by atoms with Gasteiger partial charge in [-0.25, -0.2) is 4.98 Å². The zero-order valence-electron chi connectivity index (χ0n) is 15.2. The molecule has 4 rings (SSSR count). The molecule has 8 nitrogen and oxygen atoms in total. The molecular weight excluding hydrogens is 350 g/mol. The lowest BCUT2D eigenvalue weighted by molar-refractivity contribution is -0.157. The van der Waals surface area contributed by atoms with Gasteiger partial charge in [0.15, 0.2) is 0 Å². The summed E-state index contributed by atoms with van der Waals surface area (Å²) in [7, 11) is 0. The molecule has 0 aliphatic carbocycles. The van der Waals surface area contributed by atoms with E-state index in [0.717, 1.165) is 16.6 Å². The molecule has 3 heterocycles. The molecule has 1 amide bonds. The van der Waals surface area contributed by atoms with Crippen molar-refractivity contribution in [2.45, 2.75) is 20.0 Å². The van der Waals surface area contributed by atoms with E-state index in [1.54, 1.807) is 4.90 Å². The molecule has 0 unspecified atom stereocenters. The second kappa shape index (κ2) is 6.94. The number of amides is 1. The summed E-state index contributed by atoms with van der Waals surface area (Å²) in [6, 6.07) is 5.94. The molecule has 0 bridgehead atoms. The molecule has 2 N–H and O–H groups in total. The molecule has 2 atom stereocenters. The summed E-state index contributed by atoms with van der Waals surface area (Å²) >= 11 is 0. The highest BCUT2D eigenvalue weighted by Gasteiger charge is 2.54. The standard InChI is InChI=1S/C19H23N3O5/c1-12-2-3-14-15(6-12)21-16(20-14)9-27-10-17(23)22-7-13-8-26-5-4-19(13,11-22)18(24)25/h2-3,6,13H,4-5,7-11H2,1H3,(H,20,21)(H,24,25)/t13-,19+/m1/s1. The zero-order chi connectivity index (χ0) is 19.0. The number of hydrogen-bond acceptors (Lipinski definition) is 5. The average molecular weight is 373 g/mol. The summed E-state index contributed by atoms with van der Waals surface area (Å²) in [5, 5.41) is 9.67. The molecular formula is C19H23N3O5. The first-order valence-electron chi connectivity index (χ1n) is 9.10. The van der Waals surface area contributed by atoms with Crippen LogP contribution in [0.3, 0.4) is 0 Å². The number of imidazole rings is 1. The van der Waals surface area contributed by atoms with Crippen molar-refractivity contribution >= 4 is 22.9 Å². The minimum atomic E-state index is -0.884. The number of benzene rings is 1. The van der Waals surface area contributed by atoms with Gasteiger partial charge in [-0.15, -0.1) is 0 Å². The molecule has 1 aromatic carbocycles. The number of aromatic nitrogens is 2. The van der Waals surface area contributed by atoms with E-state index in [4.69, 9.17) is 9.47 Å². The molecule has 8 heteroatoms. The maximum Gasteiger partial charge on any atom is 0.311 e. The molecule has 2 saturated heterocycles. The van der Waals surface area contributed by atoms with Crippen LogP contribution in [0.15, 0.2) is 18.2 Å². The highest BCUT2D eigenvalue weighted by atomic mass is 16.5. The Morgan fingerprint density at radius 3 is 3.11 bits per heavy atom. The first kappa shape index (κ1) is 17.9. The Balaban J connectivity index is 1.34. The van der Waals surface area contributed by atoms with Crippen LogP contribution in [0, 0.1) is 18.3 Å². The summed E-state index contributed by atoms with van der Waals surface area (Å²) in [6.45, 7) is 3.55. The second-order valence-electron chi connectivity index (χ2n) is 7.45. The predicted octanol–water partition coefficient (Wildman–Crippen LogP) is 1.34. The van der Waals surface area contributed by atoms with Gasteiger partial charge in [-0.05, 0) is 31.0 Å². The number of hydrogen-bond donors (Lipinski definition) is 2. The highest BCUT2D eigenvalue weighted by molar-refractivity contribution is 5.82. The van der Waals surface area contributed by atoms with Crippen LogP contribution in [0.25, 0.3) is 11.0 Å². The van der Waals surface area contributed by atoms with E-state index in [0.29, 0.717) is 32.0 Å². The smallest absolute Gasteiger partial charge is 0.311 e. The number of rotatable bonds is 5. The van der Waals surface area contributed by atoms with Crippen molar-refractivity contribution < 1.29 is 24.2 Å². The van der Waals surface area contributed by atoms with Gasteiger partial charge >= 0.3 is 5.97 Å². The number of carboxylic acid groups (broad SMARTS) is 1. The van der Waals surface area contributed by atoms with E-state index < -0.39 is 11.4 Å². The molecule has 0 radical (unpaired) electrons. The fourth-order valence-corrected chi connectivity index (χ4v) is 4.06. The van der Waals surface area contributed by atoms with Gasteiger partial charge in [0.05, 0.1) is 23.1 Å². The lowest BCUT2D eigenvalue weighted by atomic mass is 9.74. The Labute approximate surface area is 156 Å². The van der Waals surface area contributed by atoms with E-state index in [-0.39, 0.29) is 31.6 Å². The van der Waals surface area contributed by atoms with Gasteiger partial charge in [0.25, 0.3) is 0 Å². The number of aliphatic carboxylic acids is 1. The summed E-state index contributed by atoms with van der Waals surface area (Å²) in [5.74, 6) is -0.540. The molecule has 0 spiro atoms. The van der Waals surface area contributed by atoms with E-state index in [1.165, 1.54) is 0 Å². The normalized spacial score (nSPS) is 24.9. The third-order valence-corrected chi connectivity index (χ3v) is 5.64. The number of nitrogens with zero attached hydrogens (tertiary/aromatic N) is 2. The maximum atomic E-state index is 12.5. The van der Waals surface area contributed by atoms with Gasteiger partial charge in [0, 0.05) is 25.6 Å². The Kier molecular flexibility index (Phi) is 4.61. The van der Waals surface area contributed by atoms with Gasteiger partial charge < -0.3 is 24.5 Å². The number of carbonyl (C=O) groups is 2. The minimum Gasteiger partial charge on any atom is -0.481 e. The largest absolute Gasteiger partial charge is 0.481 e. The Bertz CT molecular complexity index is 879. The van der Waals surface area contributed by atoms with Crippen LogP contribution in [0.5, 0.6) is 0 Å². The topological polar surface area (TPSA) is 105 Å². The SMILES string of the molecule is Cc1ccc2nc(COCC(=O)N3C[C@@H]4COCC[C@]4(C(=O)O)C3)[nH]c2c1. The fraction of sp³-hybridized carbons (Fsp3) is 0.526. The van der Waals surface area contributed by atoms with E-state index >= 15 is 0 Å². The molecule has 2 aliphatic rings. The summed E-state index contributed by atoms with van der Waals surface area (Å²) in [6.07, 6.45) is 0.441. The van der Waals surface area contributed by atoms with Crippen LogP contribution >= 0.6 is 0 Å². The fourth-order valence-electron chi connectivity index (χ4n) is 4.06. The van der Waals surface area contributed by atoms with E-state index in [9.17, 15) is 14.7 Å². The van der Waals surface area contributed by atoms with Crippen LogP contribution in [0.2, 0.25) is 0 Å². The van der Waals surface area contributed by atoms with Crippen molar-refractivity contribution in [1.82, 2.24) is 14.9 Å². The van der Waals surface area contributed by atoms with Gasteiger partial charge in [-0.3, -0.25) is 9.59 Å². The van der Waals surface area contributed by atoms with Crippen molar-refractivity contribution in [2.24, 2.45) is 11.3 Å². The Hall–Kier alpha value is -2.45. The highest BCUT2D eigenvalue weighted by Crippen LogP contribution is 2.42. The number of aryl methyl sites for hydroxylation is 1. The van der Waals surface area contributed by atoms with Crippen LogP contribution in [-0.4, -0.2) is 64.8 Å². The number of H-pyrrole nitrogens is 1.